The number of amides is 4. The maximum atomic E-state index is 12.5. The van der Waals surface area contributed by atoms with E-state index in [2.05, 4.69) is 15.6 Å². The Hall–Kier alpha value is -2.64. The molecule has 0 unspecified atom stereocenters. The quantitative estimate of drug-likeness (QED) is 0.537. The first kappa shape index (κ1) is 17.2. The van der Waals surface area contributed by atoms with E-state index in [0.717, 1.165) is 12.8 Å². The van der Waals surface area contributed by atoms with Gasteiger partial charge in [-0.2, -0.15) is 0 Å². The Morgan fingerprint density at radius 3 is 2.64 bits per heavy atom. The molecule has 25 heavy (non-hydrogen) atoms. The number of nitrogens with one attached hydrogen (secondary N) is 3. The van der Waals surface area contributed by atoms with Gasteiger partial charge in [0, 0.05) is 18.8 Å². The third-order valence-corrected chi connectivity index (χ3v) is 4.85. The zero-order chi connectivity index (χ0) is 18.0. The van der Waals surface area contributed by atoms with Crippen LogP contribution in [-0.4, -0.2) is 46.4 Å². The molecule has 1 spiro atoms. The minimum Gasteiger partial charge on any atom is -0.352 e. The second-order valence-corrected chi connectivity index (χ2v) is 6.67. The van der Waals surface area contributed by atoms with Crippen molar-refractivity contribution in [2.45, 2.75) is 44.6 Å². The number of hydrogen-bond acceptors (Lipinski definition) is 4. The molecule has 4 amide bonds. The van der Waals surface area contributed by atoms with E-state index < -0.39 is 17.0 Å². The van der Waals surface area contributed by atoms with E-state index in [0.29, 0.717) is 25.0 Å². The number of carbonyl (C=O) groups is 3. The Kier molecular flexibility index (Phi) is 4.61. The molecule has 1 aromatic heterocycles. The average molecular weight is 346 g/mol. The molecule has 1 saturated carbocycles. The van der Waals surface area contributed by atoms with E-state index >= 15 is 0 Å². The molecule has 3 N–H and O–H groups in total. The van der Waals surface area contributed by atoms with Crippen LogP contribution in [0.5, 0.6) is 0 Å². The van der Waals surface area contributed by atoms with Gasteiger partial charge in [-0.3, -0.25) is 19.3 Å². The fourth-order valence-corrected chi connectivity index (χ4v) is 3.48. The smallest absolute Gasteiger partial charge is 0.325 e. The van der Waals surface area contributed by atoms with Gasteiger partial charge in [0.15, 0.2) is 0 Å². The van der Waals surface area contributed by atoms with Gasteiger partial charge < -0.3 is 15.6 Å². The normalized spacial score (nSPS) is 18.7. The Balaban J connectivity index is 1.50. The fourth-order valence-electron chi connectivity index (χ4n) is 3.48. The predicted octanol–water partition coefficient (Wildman–Crippen LogP) is 0.668. The summed E-state index contributed by atoms with van der Waals surface area (Å²) in [4.78, 5) is 52.1. The SMILES string of the molecule is Cc1ccc(C(=O)NCCCN2C(=O)NC3(CCCC3)C2=O)c(=O)[nH]1. The lowest BCUT2D eigenvalue weighted by molar-refractivity contribution is -0.131. The molecule has 2 fully saturated rings. The number of imide groups is 1. The molecule has 1 aliphatic carbocycles. The highest BCUT2D eigenvalue weighted by atomic mass is 16.2. The number of pyridine rings is 1. The lowest BCUT2D eigenvalue weighted by Crippen LogP contribution is -2.44. The summed E-state index contributed by atoms with van der Waals surface area (Å²) in [5.74, 6) is -0.623. The number of aromatic nitrogens is 1. The number of rotatable bonds is 5. The zero-order valence-electron chi connectivity index (χ0n) is 14.2. The molecule has 0 aromatic carbocycles. The lowest BCUT2D eigenvalue weighted by atomic mass is 9.98. The van der Waals surface area contributed by atoms with Gasteiger partial charge >= 0.3 is 6.03 Å². The van der Waals surface area contributed by atoms with Gasteiger partial charge in [-0.05, 0) is 38.3 Å². The van der Waals surface area contributed by atoms with Crippen molar-refractivity contribution in [2.24, 2.45) is 0 Å². The first-order valence-electron chi connectivity index (χ1n) is 8.55. The number of urea groups is 1. The van der Waals surface area contributed by atoms with Crippen molar-refractivity contribution in [1.82, 2.24) is 20.5 Å². The molecule has 134 valence electrons. The molecular formula is C17H22N4O4. The molecule has 8 heteroatoms. The third kappa shape index (κ3) is 3.29. The summed E-state index contributed by atoms with van der Waals surface area (Å²) in [6, 6.07) is 2.78. The van der Waals surface area contributed by atoms with Gasteiger partial charge in [0.1, 0.15) is 11.1 Å². The van der Waals surface area contributed by atoms with Gasteiger partial charge in [-0.25, -0.2) is 4.79 Å². The van der Waals surface area contributed by atoms with Crippen LogP contribution in [-0.2, 0) is 4.79 Å². The van der Waals surface area contributed by atoms with Crippen LogP contribution in [0.3, 0.4) is 0 Å². The van der Waals surface area contributed by atoms with Gasteiger partial charge in [0.25, 0.3) is 17.4 Å². The van der Waals surface area contributed by atoms with Crippen molar-refractivity contribution < 1.29 is 14.4 Å². The number of hydrogen-bond donors (Lipinski definition) is 3. The van der Waals surface area contributed by atoms with Crippen LogP contribution in [0.1, 0.15) is 48.2 Å². The van der Waals surface area contributed by atoms with Crippen molar-refractivity contribution in [3.8, 4) is 0 Å². The second-order valence-electron chi connectivity index (χ2n) is 6.67. The monoisotopic (exact) mass is 346 g/mol. The number of aromatic amines is 1. The van der Waals surface area contributed by atoms with Crippen LogP contribution >= 0.6 is 0 Å². The van der Waals surface area contributed by atoms with E-state index in [9.17, 15) is 19.2 Å². The summed E-state index contributed by atoms with van der Waals surface area (Å²) in [5.41, 5.74) is -0.406. The van der Waals surface area contributed by atoms with Gasteiger partial charge in [0.05, 0.1) is 0 Å². The van der Waals surface area contributed by atoms with Crippen molar-refractivity contribution >= 4 is 17.8 Å². The largest absolute Gasteiger partial charge is 0.352 e. The van der Waals surface area contributed by atoms with Gasteiger partial charge in [-0.15, -0.1) is 0 Å². The number of nitrogens with zero attached hydrogens (tertiary/aromatic N) is 1. The summed E-state index contributed by atoms with van der Waals surface area (Å²) >= 11 is 0. The maximum absolute atomic E-state index is 12.5. The summed E-state index contributed by atoms with van der Waals surface area (Å²) in [6.45, 7) is 2.26. The second kappa shape index (κ2) is 6.70. The highest BCUT2D eigenvalue weighted by Gasteiger charge is 2.51. The van der Waals surface area contributed by atoms with E-state index in [-0.39, 0.29) is 30.6 Å². The number of carbonyl (C=O) groups excluding carboxylic acids is 3. The molecule has 1 aromatic rings. The predicted molar refractivity (Wildman–Crippen MR) is 90.2 cm³/mol. The molecule has 1 saturated heterocycles. The minimum absolute atomic E-state index is 0.0468. The van der Waals surface area contributed by atoms with E-state index in [1.165, 1.54) is 11.0 Å². The van der Waals surface area contributed by atoms with Crippen molar-refractivity contribution in [2.75, 3.05) is 13.1 Å². The van der Waals surface area contributed by atoms with Crippen LogP contribution in [0, 0.1) is 6.92 Å². The van der Waals surface area contributed by atoms with Gasteiger partial charge in [0.2, 0.25) is 0 Å². The first-order chi connectivity index (χ1) is 11.9. The fraction of sp³-hybridized carbons (Fsp3) is 0.529. The minimum atomic E-state index is -0.699. The van der Waals surface area contributed by atoms with Crippen LogP contribution in [0.4, 0.5) is 4.79 Å². The van der Waals surface area contributed by atoms with Crippen molar-refractivity contribution in [3.05, 3.63) is 33.7 Å². The van der Waals surface area contributed by atoms with E-state index in [1.807, 2.05) is 0 Å². The molecule has 8 nitrogen and oxygen atoms in total. The van der Waals surface area contributed by atoms with Crippen LogP contribution in [0.25, 0.3) is 0 Å². The topological polar surface area (TPSA) is 111 Å². The molecule has 0 atom stereocenters. The van der Waals surface area contributed by atoms with Crippen molar-refractivity contribution in [3.63, 3.8) is 0 Å². The van der Waals surface area contributed by atoms with E-state index in [4.69, 9.17) is 0 Å². The summed E-state index contributed by atoms with van der Waals surface area (Å²) in [5, 5.41) is 5.47. The molecule has 3 rings (SSSR count). The van der Waals surface area contributed by atoms with Crippen molar-refractivity contribution in [1.29, 1.82) is 0 Å². The maximum Gasteiger partial charge on any atom is 0.325 e. The lowest BCUT2D eigenvalue weighted by Gasteiger charge is -2.20. The summed E-state index contributed by atoms with van der Waals surface area (Å²) in [6.07, 6.45) is 3.72. The third-order valence-electron chi connectivity index (χ3n) is 4.85. The Labute approximate surface area is 145 Å². The van der Waals surface area contributed by atoms with Gasteiger partial charge in [-0.1, -0.05) is 12.8 Å². The molecular weight excluding hydrogens is 324 g/mol. The number of aryl methyl sites for hydroxylation is 1. The standard InChI is InChI=1S/C17H22N4O4/c1-11-5-6-12(14(23)19-11)13(22)18-9-4-10-21-15(24)17(20-16(21)25)7-2-3-8-17/h5-6H,2-4,7-10H2,1H3,(H,18,22)(H,19,23)(H,20,25). The van der Waals surface area contributed by atoms with Crippen LogP contribution < -0.4 is 16.2 Å². The molecule has 2 aliphatic rings. The Bertz CT molecular complexity index is 764. The Morgan fingerprint density at radius 1 is 1.24 bits per heavy atom. The molecule has 0 radical (unpaired) electrons. The first-order valence-corrected chi connectivity index (χ1v) is 8.55. The summed E-state index contributed by atoms with van der Waals surface area (Å²) in [7, 11) is 0. The molecule has 1 aliphatic heterocycles. The summed E-state index contributed by atoms with van der Waals surface area (Å²) < 4.78 is 0. The molecule has 0 bridgehead atoms. The highest BCUT2D eigenvalue weighted by molar-refractivity contribution is 6.07. The highest BCUT2D eigenvalue weighted by Crippen LogP contribution is 2.34. The van der Waals surface area contributed by atoms with Crippen LogP contribution in [0.2, 0.25) is 0 Å². The Morgan fingerprint density at radius 2 is 1.96 bits per heavy atom. The number of H-pyrrole nitrogens is 1. The van der Waals surface area contributed by atoms with Crippen LogP contribution in [0.15, 0.2) is 16.9 Å². The zero-order valence-corrected chi connectivity index (χ0v) is 14.2. The average Bonchev–Trinajstić information content (AvgIpc) is 3.11. The molecule has 2 heterocycles. The van der Waals surface area contributed by atoms with E-state index in [1.54, 1.807) is 13.0 Å².